The van der Waals surface area contributed by atoms with E-state index in [1.54, 1.807) is 0 Å². The average molecular weight is 312 g/mol. The fraction of sp³-hybridized carbons (Fsp3) is 0.619. The van der Waals surface area contributed by atoms with Gasteiger partial charge in [0, 0.05) is 0 Å². The van der Waals surface area contributed by atoms with Crippen LogP contribution in [-0.2, 0) is 6.42 Å². The van der Waals surface area contributed by atoms with E-state index in [2.05, 4.69) is 19.6 Å². The van der Waals surface area contributed by atoms with E-state index >= 15 is 0 Å². The van der Waals surface area contributed by atoms with E-state index in [0.29, 0.717) is 23.5 Å². The van der Waals surface area contributed by atoms with E-state index in [1.807, 2.05) is 18.2 Å². The Morgan fingerprint density at radius 1 is 1.26 bits per heavy atom. The highest BCUT2D eigenvalue weighted by Crippen LogP contribution is 2.65. The van der Waals surface area contributed by atoms with Crippen molar-refractivity contribution in [1.82, 2.24) is 0 Å². The molecule has 0 saturated heterocycles. The molecule has 3 aliphatic carbocycles. The Labute approximate surface area is 139 Å². The van der Waals surface area contributed by atoms with E-state index in [9.17, 15) is 10.2 Å². The molecule has 0 aliphatic heterocycles. The molecule has 23 heavy (non-hydrogen) atoms. The van der Waals surface area contributed by atoms with Gasteiger partial charge in [-0.2, -0.15) is 0 Å². The summed E-state index contributed by atoms with van der Waals surface area (Å²) in [7, 11) is 0. The molecule has 0 unspecified atom stereocenters. The van der Waals surface area contributed by atoms with Gasteiger partial charge < -0.3 is 10.2 Å². The van der Waals surface area contributed by atoms with Crippen molar-refractivity contribution in [3.63, 3.8) is 0 Å². The van der Waals surface area contributed by atoms with Crippen molar-refractivity contribution in [3.8, 4) is 5.75 Å². The van der Waals surface area contributed by atoms with Crippen molar-refractivity contribution in [2.45, 2.75) is 63.4 Å². The SMILES string of the molecule is C=CC[C@]1(O)CC[C@H]2[C@@H]3CCc4cc(O)ccc4[C@H]3CC[C@@]21C. The molecule has 2 N–H and O–H groups in total. The van der Waals surface area contributed by atoms with Crippen LogP contribution in [0.4, 0.5) is 0 Å². The minimum atomic E-state index is -0.556. The lowest BCUT2D eigenvalue weighted by Gasteiger charge is -2.53. The Morgan fingerprint density at radius 3 is 2.87 bits per heavy atom. The summed E-state index contributed by atoms with van der Waals surface area (Å²) >= 11 is 0. The van der Waals surface area contributed by atoms with Gasteiger partial charge >= 0.3 is 0 Å². The van der Waals surface area contributed by atoms with Gasteiger partial charge in [0.1, 0.15) is 5.75 Å². The normalized spacial score (nSPS) is 41.7. The summed E-state index contributed by atoms with van der Waals surface area (Å²) in [5, 5.41) is 21.0. The molecule has 0 amide bonds. The summed E-state index contributed by atoms with van der Waals surface area (Å²) < 4.78 is 0. The average Bonchev–Trinajstić information content (AvgIpc) is 2.79. The van der Waals surface area contributed by atoms with Crippen LogP contribution in [0, 0.1) is 17.3 Å². The van der Waals surface area contributed by atoms with Gasteiger partial charge in [0.15, 0.2) is 0 Å². The van der Waals surface area contributed by atoms with Crippen LogP contribution in [0.1, 0.15) is 62.5 Å². The van der Waals surface area contributed by atoms with Crippen molar-refractivity contribution in [1.29, 1.82) is 0 Å². The topological polar surface area (TPSA) is 40.5 Å². The third-order valence-electron chi connectivity index (χ3n) is 7.51. The Hall–Kier alpha value is -1.28. The number of benzene rings is 1. The van der Waals surface area contributed by atoms with Gasteiger partial charge in [-0.1, -0.05) is 19.1 Å². The molecular formula is C21H28O2. The van der Waals surface area contributed by atoms with Crippen molar-refractivity contribution in [3.05, 3.63) is 42.0 Å². The molecule has 1 aromatic carbocycles. The second-order valence-corrected chi connectivity index (χ2v) is 8.32. The minimum absolute atomic E-state index is 0.0385. The molecule has 2 heteroatoms. The van der Waals surface area contributed by atoms with Crippen LogP contribution in [0.2, 0.25) is 0 Å². The van der Waals surface area contributed by atoms with Gasteiger partial charge in [0.25, 0.3) is 0 Å². The van der Waals surface area contributed by atoms with Gasteiger partial charge in [-0.05, 0) is 91.4 Å². The molecule has 4 rings (SSSR count). The molecule has 5 atom stereocenters. The van der Waals surface area contributed by atoms with E-state index in [4.69, 9.17) is 0 Å². The van der Waals surface area contributed by atoms with Crippen molar-refractivity contribution < 1.29 is 10.2 Å². The smallest absolute Gasteiger partial charge is 0.115 e. The molecule has 0 spiro atoms. The first-order chi connectivity index (χ1) is 11.0. The van der Waals surface area contributed by atoms with E-state index < -0.39 is 5.60 Å². The lowest BCUT2D eigenvalue weighted by molar-refractivity contribution is -0.100. The zero-order valence-electron chi connectivity index (χ0n) is 14.1. The first-order valence-corrected chi connectivity index (χ1v) is 9.13. The monoisotopic (exact) mass is 312 g/mol. The second-order valence-electron chi connectivity index (χ2n) is 8.32. The first-order valence-electron chi connectivity index (χ1n) is 9.13. The molecule has 0 heterocycles. The maximum atomic E-state index is 11.3. The minimum Gasteiger partial charge on any atom is -0.508 e. The summed E-state index contributed by atoms with van der Waals surface area (Å²) in [6.07, 6.45) is 9.23. The van der Waals surface area contributed by atoms with Gasteiger partial charge in [-0.25, -0.2) is 0 Å². The van der Waals surface area contributed by atoms with Crippen LogP contribution in [0.5, 0.6) is 5.75 Å². The molecule has 2 fully saturated rings. The van der Waals surface area contributed by atoms with Gasteiger partial charge in [0.2, 0.25) is 0 Å². The number of hydrogen-bond acceptors (Lipinski definition) is 2. The number of aliphatic hydroxyl groups is 1. The molecule has 2 nitrogen and oxygen atoms in total. The number of fused-ring (bicyclic) bond motifs is 5. The summed E-state index contributed by atoms with van der Waals surface area (Å²) in [4.78, 5) is 0. The highest BCUT2D eigenvalue weighted by molar-refractivity contribution is 5.40. The lowest BCUT2D eigenvalue weighted by atomic mass is 9.53. The van der Waals surface area contributed by atoms with Crippen LogP contribution in [0.15, 0.2) is 30.9 Å². The number of hydrogen-bond donors (Lipinski definition) is 2. The quantitative estimate of drug-likeness (QED) is 0.786. The lowest BCUT2D eigenvalue weighted by Crippen LogP contribution is -2.50. The number of phenolic OH excluding ortho intramolecular Hbond substituents is 1. The molecule has 0 radical (unpaired) electrons. The summed E-state index contributed by atoms with van der Waals surface area (Å²) in [5.74, 6) is 2.31. The maximum Gasteiger partial charge on any atom is 0.115 e. The fourth-order valence-electron chi connectivity index (χ4n) is 6.25. The number of phenols is 1. The predicted octanol–water partition coefficient (Wildman–Crippen LogP) is 4.56. The highest BCUT2D eigenvalue weighted by atomic mass is 16.3. The molecule has 0 aromatic heterocycles. The summed E-state index contributed by atoms with van der Waals surface area (Å²) in [5.41, 5.74) is 2.28. The van der Waals surface area contributed by atoms with Crippen molar-refractivity contribution in [2.75, 3.05) is 0 Å². The van der Waals surface area contributed by atoms with E-state index in [0.717, 1.165) is 38.5 Å². The maximum absolute atomic E-state index is 11.3. The van der Waals surface area contributed by atoms with Crippen LogP contribution in [0.25, 0.3) is 0 Å². The first kappa shape index (κ1) is 15.3. The van der Waals surface area contributed by atoms with Crippen molar-refractivity contribution in [2.24, 2.45) is 17.3 Å². The fourth-order valence-corrected chi connectivity index (χ4v) is 6.25. The van der Waals surface area contributed by atoms with Crippen LogP contribution < -0.4 is 0 Å². The number of rotatable bonds is 2. The molecule has 2 saturated carbocycles. The number of aryl methyl sites for hydroxylation is 1. The number of aromatic hydroxyl groups is 1. The standard InChI is InChI=1S/C21H28O2/c1-3-10-21(23)12-9-19-18-6-4-14-13-15(22)5-7-16(14)17(18)8-11-20(19,21)2/h3,5,7,13,17-19,22-23H,1,4,6,8-12H2,2H3/t17-,18-,19+,20+,21+/m1/s1. The van der Waals surface area contributed by atoms with Gasteiger partial charge in [0.05, 0.1) is 5.60 Å². The Kier molecular flexibility index (Phi) is 3.39. The molecular weight excluding hydrogens is 284 g/mol. The molecule has 1 aromatic rings. The third kappa shape index (κ3) is 2.04. The molecule has 0 bridgehead atoms. The molecule has 3 aliphatic rings. The highest BCUT2D eigenvalue weighted by Gasteiger charge is 2.60. The summed E-state index contributed by atoms with van der Waals surface area (Å²) in [6, 6.07) is 5.95. The van der Waals surface area contributed by atoms with Gasteiger partial charge in [-0.3, -0.25) is 0 Å². The van der Waals surface area contributed by atoms with Crippen molar-refractivity contribution >= 4 is 0 Å². The Morgan fingerprint density at radius 2 is 2.09 bits per heavy atom. The Balaban J connectivity index is 1.68. The third-order valence-corrected chi connectivity index (χ3v) is 7.51. The summed E-state index contributed by atoms with van der Waals surface area (Å²) in [6.45, 7) is 6.20. The largest absolute Gasteiger partial charge is 0.508 e. The second kappa shape index (κ2) is 5.11. The van der Waals surface area contributed by atoms with Gasteiger partial charge in [-0.15, -0.1) is 6.58 Å². The predicted molar refractivity (Wildman–Crippen MR) is 92.5 cm³/mol. The van der Waals surface area contributed by atoms with Crippen LogP contribution in [-0.4, -0.2) is 15.8 Å². The van der Waals surface area contributed by atoms with Crippen LogP contribution in [0.3, 0.4) is 0 Å². The zero-order chi connectivity index (χ0) is 16.2. The van der Waals surface area contributed by atoms with E-state index in [-0.39, 0.29) is 5.41 Å². The zero-order valence-corrected chi connectivity index (χ0v) is 14.1. The molecule has 124 valence electrons. The Bertz CT molecular complexity index is 637. The van der Waals surface area contributed by atoms with E-state index in [1.165, 1.54) is 17.5 Å². The van der Waals surface area contributed by atoms with Crippen LogP contribution >= 0.6 is 0 Å².